The zero-order valence-electron chi connectivity index (χ0n) is 10.1. The quantitative estimate of drug-likeness (QED) is 0.900. The van der Waals surface area contributed by atoms with Crippen molar-refractivity contribution in [1.29, 1.82) is 0 Å². The van der Waals surface area contributed by atoms with Crippen LogP contribution in [0, 0.1) is 0 Å². The molecule has 5 nitrogen and oxygen atoms in total. The number of alkyl halides is 3. The second-order valence-electron chi connectivity index (χ2n) is 3.78. The predicted molar refractivity (Wildman–Crippen MR) is 68.2 cm³/mol. The molecule has 0 aliphatic heterocycles. The molecular formula is C12H6BrF3N2O3. The van der Waals surface area contributed by atoms with Crippen LogP contribution in [0.4, 0.5) is 13.2 Å². The van der Waals surface area contributed by atoms with Crippen molar-refractivity contribution in [3.63, 3.8) is 0 Å². The Kier molecular flexibility index (Phi) is 4.12. The minimum atomic E-state index is -4.70. The van der Waals surface area contributed by atoms with Crippen LogP contribution in [0.5, 0.6) is 11.6 Å². The fourth-order valence-corrected chi connectivity index (χ4v) is 1.78. The van der Waals surface area contributed by atoms with Gasteiger partial charge in [-0.25, -0.2) is 9.78 Å². The average Bonchev–Trinajstić information content (AvgIpc) is 2.40. The molecule has 2 rings (SSSR count). The largest absolute Gasteiger partial charge is 0.478 e. The van der Waals surface area contributed by atoms with E-state index in [0.29, 0.717) is 0 Å². The molecule has 0 aliphatic rings. The first-order valence-electron chi connectivity index (χ1n) is 5.37. The first-order chi connectivity index (χ1) is 9.79. The number of aromatic nitrogens is 2. The zero-order chi connectivity index (χ0) is 15.6. The van der Waals surface area contributed by atoms with Gasteiger partial charge in [0, 0.05) is 16.9 Å². The molecule has 0 fully saturated rings. The molecule has 110 valence electrons. The Morgan fingerprint density at radius 3 is 2.67 bits per heavy atom. The molecule has 21 heavy (non-hydrogen) atoms. The van der Waals surface area contributed by atoms with E-state index in [1.165, 1.54) is 6.20 Å². The molecule has 0 radical (unpaired) electrons. The fourth-order valence-electron chi connectivity index (χ4n) is 1.45. The number of pyridine rings is 2. The van der Waals surface area contributed by atoms with Gasteiger partial charge in [0.25, 0.3) is 0 Å². The van der Waals surface area contributed by atoms with Gasteiger partial charge in [0.15, 0.2) is 5.75 Å². The van der Waals surface area contributed by atoms with Gasteiger partial charge in [-0.05, 0) is 28.1 Å². The summed E-state index contributed by atoms with van der Waals surface area (Å²) in [6.45, 7) is 0. The topological polar surface area (TPSA) is 72.3 Å². The Bertz CT molecular complexity index is 692. The van der Waals surface area contributed by atoms with E-state index in [1.54, 1.807) is 0 Å². The van der Waals surface area contributed by atoms with Crippen LogP contribution in [0.1, 0.15) is 15.9 Å². The van der Waals surface area contributed by atoms with Crippen molar-refractivity contribution >= 4 is 21.9 Å². The number of hydrogen-bond acceptors (Lipinski definition) is 4. The van der Waals surface area contributed by atoms with E-state index < -0.39 is 23.6 Å². The van der Waals surface area contributed by atoms with E-state index in [-0.39, 0.29) is 15.8 Å². The lowest BCUT2D eigenvalue weighted by Gasteiger charge is -2.13. The zero-order valence-corrected chi connectivity index (χ0v) is 11.6. The molecule has 2 aromatic rings. The van der Waals surface area contributed by atoms with Crippen LogP contribution in [-0.2, 0) is 6.18 Å². The third-order valence-corrected chi connectivity index (χ3v) is 2.78. The number of carboxylic acid groups (broad SMARTS) is 1. The fraction of sp³-hybridized carbons (Fsp3) is 0.0833. The molecule has 0 saturated carbocycles. The predicted octanol–water partition coefficient (Wildman–Crippen LogP) is 3.75. The molecule has 9 heteroatoms. The number of ether oxygens (including phenoxy) is 1. The highest BCUT2D eigenvalue weighted by molar-refractivity contribution is 9.10. The van der Waals surface area contributed by atoms with E-state index >= 15 is 0 Å². The normalized spacial score (nSPS) is 11.2. The van der Waals surface area contributed by atoms with Gasteiger partial charge in [-0.1, -0.05) is 0 Å². The van der Waals surface area contributed by atoms with Crippen LogP contribution in [0.3, 0.4) is 0 Å². The summed E-state index contributed by atoms with van der Waals surface area (Å²) in [5.74, 6) is -2.43. The molecule has 0 aromatic carbocycles. The molecule has 2 heterocycles. The minimum Gasteiger partial charge on any atom is -0.478 e. The summed E-state index contributed by atoms with van der Waals surface area (Å²) in [7, 11) is 0. The molecule has 0 aliphatic carbocycles. The van der Waals surface area contributed by atoms with Crippen molar-refractivity contribution in [3.8, 4) is 11.6 Å². The highest BCUT2D eigenvalue weighted by Gasteiger charge is 2.36. The molecule has 0 bridgehead atoms. The first kappa shape index (κ1) is 15.2. The molecule has 2 aromatic heterocycles. The lowest BCUT2D eigenvalue weighted by molar-refractivity contribution is -0.138. The second-order valence-corrected chi connectivity index (χ2v) is 4.70. The van der Waals surface area contributed by atoms with Crippen LogP contribution < -0.4 is 4.74 Å². The number of nitrogens with zero attached hydrogens (tertiary/aromatic N) is 2. The maximum Gasteiger partial charge on any atom is 0.421 e. The summed E-state index contributed by atoms with van der Waals surface area (Å²) in [4.78, 5) is 18.1. The third-order valence-electron chi connectivity index (χ3n) is 2.34. The van der Waals surface area contributed by atoms with Crippen molar-refractivity contribution in [3.05, 3.63) is 46.3 Å². The van der Waals surface area contributed by atoms with Crippen molar-refractivity contribution in [1.82, 2.24) is 9.97 Å². The van der Waals surface area contributed by atoms with E-state index in [4.69, 9.17) is 9.84 Å². The molecule has 0 unspecified atom stereocenters. The van der Waals surface area contributed by atoms with Gasteiger partial charge >= 0.3 is 12.1 Å². The SMILES string of the molecule is O=C(O)c1ccncc1Oc1ncc(Br)cc1C(F)(F)F. The molecule has 0 saturated heterocycles. The number of halogens is 4. The summed E-state index contributed by atoms with van der Waals surface area (Å²) >= 11 is 2.89. The lowest BCUT2D eigenvalue weighted by atomic mass is 10.2. The van der Waals surface area contributed by atoms with Gasteiger partial charge in [-0.3, -0.25) is 4.98 Å². The van der Waals surface area contributed by atoms with E-state index in [2.05, 4.69) is 25.9 Å². The summed E-state index contributed by atoms with van der Waals surface area (Å²) in [6.07, 6.45) is -1.39. The summed E-state index contributed by atoms with van der Waals surface area (Å²) < 4.78 is 43.9. The number of aromatic carboxylic acids is 1. The van der Waals surface area contributed by atoms with Crippen molar-refractivity contribution in [2.24, 2.45) is 0 Å². The maximum atomic E-state index is 12.9. The standard InChI is InChI=1S/C12H6BrF3N2O3/c13-6-3-8(12(14,15)16)10(18-4-6)21-9-5-17-2-1-7(9)11(19)20/h1-5H,(H,19,20). The number of carboxylic acids is 1. The van der Waals surface area contributed by atoms with E-state index in [0.717, 1.165) is 24.5 Å². The van der Waals surface area contributed by atoms with Crippen LogP contribution in [0.2, 0.25) is 0 Å². The van der Waals surface area contributed by atoms with Crippen molar-refractivity contribution in [2.75, 3.05) is 0 Å². The smallest absolute Gasteiger partial charge is 0.421 e. The molecule has 0 atom stereocenters. The Morgan fingerprint density at radius 1 is 1.33 bits per heavy atom. The number of hydrogen-bond donors (Lipinski definition) is 1. The van der Waals surface area contributed by atoms with Crippen LogP contribution in [0.25, 0.3) is 0 Å². The maximum absolute atomic E-state index is 12.9. The summed E-state index contributed by atoms with van der Waals surface area (Å²) in [5, 5.41) is 8.96. The van der Waals surface area contributed by atoms with Gasteiger partial charge in [-0.15, -0.1) is 0 Å². The van der Waals surface area contributed by atoms with E-state index in [9.17, 15) is 18.0 Å². The van der Waals surface area contributed by atoms with Crippen LogP contribution in [0.15, 0.2) is 35.2 Å². The molecule has 0 spiro atoms. The Balaban J connectivity index is 2.48. The molecule has 0 amide bonds. The first-order valence-corrected chi connectivity index (χ1v) is 6.16. The lowest BCUT2D eigenvalue weighted by Crippen LogP contribution is -2.09. The summed E-state index contributed by atoms with van der Waals surface area (Å²) in [6, 6.07) is 1.91. The Morgan fingerprint density at radius 2 is 2.05 bits per heavy atom. The highest BCUT2D eigenvalue weighted by atomic mass is 79.9. The molecule has 1 N–H and O–H groups in total. The van der Waals surface area contributed by atoms with Crippen LogP contribution >= 0.6 is 15.9 Å². The number of rotatable bonds is 3. The third kappa shape index (κ3) is 3.48. The van der Waals surface area contributed by atoms with Crippen LogP contribution in [-0.4, -0.2) is 21.0 Å². The summed E-state index contributed by atoms with van der Waals surface area (Å²) in [5.41, 5.74) is -1.44. The van der Waals surface area contributed by atoms with Gasteiger partial charge in [0.05, 0.1) is 6.20 Å². The molecular weight excluding hydrogens is 357 g/mol. The minimum absolute atomic E-state index is 0.117. The highest BCUT2D eigenvalue weighted by Crippen LogP contribution is 2.38. The van der Waals surface area contributed by atoms with Gasteiger partial charge in [-0.2, -0.15) is 13.2 Å². The second kappa shape index (κ2) is 5.68. The van der Waals surface area contributed by atoms with Gasteiger partial charge in [0.2, 0.25) is 5.88 Å². The van der Waals surface area contributed by atoms with Gasteiger partial charge in [0.1, 0.15) is 11.1 Å². The van der Waals surface area contributed by atoms with Crippen molar-refractivity contribution < 1.29 is 27.8 Å². The Hall–Kier alpha value is -2.16. The van der Waals surface area contributed by atoms with Gasteiger partial charge < -0.3 is 9.84 Å². The van der Waals surface area contributed by atoms with E-state index in [1.807, 2.05) is 0 Å². The number of carbonyl (C=O) groups is 1. The monoisotopic (exact) mass is 362 g/mol. The Labute approximate surface area is 124 Å². The van der Waals surface area contributed by atoms with Crippen molar-refractivity contribution in [2.45, 2.75) is 6.18 Å². The average molecular weight is 363 g/mol.